The number of carboxylic acid groups (broad SMARTS) is 1. The Bertz CT molecular complexity index is 932. The van der Waals surface area contributed by atoms with Crippen LogP contribution >= 0.6 is 0 Å². The highest BCUT2D eigenvalue weighted by Crippen LogP contribution is 2.24. The molecular weight excluding hydrogens is 320 g/mol. The van der Waals surface area contributed by atoms with Crippen molar-refractivity contribution in [2.45, 2.75) is 18.9 Å². The highest BCUT2D eigenvalue weighted by Gasteiger charge is 2.31. The number of carboxylic acids is 1. The number of nitrogens with zero attached hydrogens (tertiary/aromatic N) is 2. The van der Waals surface area contributed by atoms with E-state index in [0.717, 1.165) is 17.2 Å². The van der Waals surface area contributed by atoms with Gasteiger partial charge in [0.2, 0.25) is 5.90 Å². The average molecular weight is 336 g/mol. The van der Waals surface area contributed by atoms with E-state index in [0.29, 0.717) is 18.5 Å². The lowest BCUT2D eigenvalue weighted by Crippen LogP contribution is -2.32. The van der Waals surface area contributed by atoms with Crippen LogP contribution in [0.5, 0.6) is 0 Å². The number of fused-ring (bicyclic) bond motifs is 1. The normalized spacial score (nSPS) is 21.7. The van der Waals surface area contributed by atoms with Crippen LogP contribution in [-0.2, 0) is 14.3 Å². The topological polar surface area (TPSA) is 79.2 Å². The van der Waals surface area contributed by atoms with Crippen LogP contribution in [0.2, 0.25) is 0 Å². The van der Waals surface area contributed by atoms with Crippen LogP contribution in [0.25, 0.3) is 10.8 Å². The fourth-order valence-electron chi connectivity index (χ4n) is 3.21. The number of ether oxygens (including phenoxy) is 1. The molecule has 2 aromatic carbocycles. The molecule has 1 atom stereocenters. The molecule has 4 rings (SSSR count). The summed E-state index contributed by atoms with van der Waals surface area (Å²) in [7, 11) is 0. The van der Waals surface area contributed by atoms with Gasteiger partial charge in [0.15, 0.2) is 5.70 Å². The smallest absolute Gasteiger partial charge is 0.365 e. The lowest BCUT2D eigenvalue weighted by atomic mass is 10.1. The van der Waals surface area contributed by atoms with E-state index in [-0.39, 0.29) is 11.6 Å². The molecule has 2 aliphatic rings. The molecule has 0 spiro atoms. The van der Waals surface area contributed by atoms with Crippen LogP contribution in [0.1, 0.15) is 18.4 Å². The van der Waals surface area contributed by atoms with Gasteiger partial charge in [-0.25, -0.2) is 14.6 Å². The minimum atomic E-state index is -0.889. The largest absolute Gasteiger partial charge is 0.480 e. The van der Waals surface area contributed by atoms with E-state index < -0.39 is 18.0 Å². The van der Waals surface area contributed by atoms with Crippen LogP contribution in [0.3, 0.4) is 0 Å². The number of benzene rings is 2. The SMILES string of the molecule is O=C1OC(c2ccc3ccccc3c2)=N/C1=C\N1CCC[C@H]1C(=O)O. The summed E-state index contributed by atoms with van der Waals surface area (Å²) in [5.74, 6) is -1.20. The maximum Gasteiger partial charge on any atom is 0.365 e. The van der Waals surface area contributed by atoms with Gasteiger partial charge in [-0.1, -0.05) is 30.3 Å². The highest BCUT2D eigenvalue weighted by molar-refractivity contribution is 6.12. The van der Waals surface area contributed by atoms with Gasteiger partial charge >= 0.3 is 11.9 Å². The first-order valence-electron chi connectivity index (χ1n) is 8.12. The van der Waals surface area contributed by atoms with Gasteiger partial charge in [-0.3, -0.25) is 0 Å². The van der Waals surface area contributed by atoms with E-state index >= 15 is 0 Å². The van der Waals surface area contributed by atoms with Crippen LogP contribution in [-0.4, -0.2) is 40.4 Å². The minimum Gasteiger partial charge on any atom is -0.480 e. The van der Waals surface area contributed by atoms with Crippen LogP contribution in [0.15, 0.2) is 59.4 Å². The van der Waals surface area contributed by atoms with Gasteiger partial charge < -0.3 is 14.7 Å². The molecule has 2 aromatic rings. The molecule has 1 fully saturated rings. The second-order valence-electron chi connectivity index (χ2n) is 6.12. The number of likely N-dealkylation sites (tertiary alicyclic amines) is 1. The molecule has 6 heteroatoms. The van der Waals surface area contributed by atoms with E-state index in [1.54, 1.807) is 4.90 Å². The monoisotopic (exact) mass is 336 g/mol. The molecule has 25 heavy (non-hydrogen) atoms. The molecule has 0 amide bonds. The van der Waals surface area contributed by atoms with E-state index in [4.69, 9.17) is 4.74 Å². The molecule has 2 aliphatic heterocycles. The number of hydrogen-bond donors (Lipinski definition) is 1. The number of carbonyl (C=O) groups is 2. The van der Waals surface area contributed by atoms with Crippen molar-refractivity contribution in [2.75, 3.05) is 6.54 Å². The Morgan fingerprint density at radius 3 is 2.84 bits per heavy atom. The van der Waals surface area contributed by atoms with Crippen molar-refractivity contribution in [2.24, 2.45) is 4.99 Å². The van der Waals surface area contributed by atoms with Crippen LogP contribution in [0, 0.1) is 0 Å². The minimum absolute atomic E-state index is 0.135. The van der Waals surface area contributed by atoms with E-state index in [1.165, 1.54) is 6.20 Å². The first kappa shape index (κ1) is 15.4. The molecule has 0 saturated carbocycles. The maximum absolute atomic E-state index is 12.1. The number of aliphatic carboxylic acids is 1. The molecule has 2 heterocycles. The molecule has 0 aromatic heterocycles. The van der Waals surface area contributed by atoms with Crippen molar-refractivity contribution in [3.05, 3.63) is 59.9 Å². The number of rotatable bonds is 3. The van der Waals surface area contributed by atoms with Crippen molar-refractivity contribution in [1.29, 1.82) is 0 Å². The predicted molar refractivity (Wildman–Crippen MR) is 92.0 cm³/mol. The molecule has 0 radical (unpaired) electrons. The summed E-state index contributed by atoms with van der Waals surface area (Å²) >= 11 is 0. The third-order valence-corrected chi connectivity index (χ3v) is 4.48. The summed E-state index contributed by atoms with van der Waals surface area (Å²) in [4.78, 5) is 29.3. The lowest BCUT2D eigenvalue weighted by molar-refractivity contribution is -0.141. The first-order valence-corrected chi connectivity index (χ1v) is 8.12. The molecule has 0 bridgehead atoms. The Morgan fingerprint density at radius 1 is 1.24 bits per heavy atom. The standard InChI is InChI=1S/C19H16N2O4/c22-18(23)16-6-3-9-21(16)11-15-19(24)25-17(20-15)14-8-7-12-4-1-2-5-13(12)10-14/h1-2,4-5,7-8,10-11,16H,3,6,9H2,(H,22,23)/b15-11-/t16-/m0/s1. The van der Waals surface area contributed by atoms with E-state index in [1.807, 2.05) is 42.5 Å². The number of cyclic esters (lactones) is 1. The molecule has 0 aliphatic carbocycles. The molecule has 126 valence electrons. The van der Waals surface area contributed by atoms with Gasteiger partial charge in [0, 0.05) is 18.3 Å². The van der Waals surface area contributed by atoms with Crippen molar-refractivity contribution in [3.63, 3.8) is 0 Å². The number of aliphatic imine (C=N–C) groups is 1. The molecular formula is C19H16N2O4. The summed E-state index contributed by atoms with van der Waals surface area (Å²) < 4.78 is 5.28. The zero-order chi connectivity index (χ0) is 17.4. The predicted octanol–water partition coefficient (Wildman–Crippen LogP) is 2.53. The maximum atomic E-state index is 12.1. The van der Waals surface area contributed by atoms with Crippen LogP contribution in [0.4, 0.5) is 0 Å². The van der Waals surface area contributed by atoms with Gasteiger partial charge in [0.25, 0.3) is 0 Å². The van der Waals surface area contributed by atoms with Gasteiger partial charge in [-0.05, 0) is 35.7 Å². The average Bonchev–Trinajstić information content (AvgIpc) is 3.22. The molecule has 1 saturated heterocycles. The zero-order valence-corrected chi connectivity index (χ0v) is 13.4. The van der Waals surface area contributed by atoms with Crippen molar-refractivity contribution in [3.8, 4) is 0 Å². The third kappa shape index (κ3) is 2.87. The van der Waals surface area contributed by atoms with E-state index in [9.17, 15) is 14.7 Å². The third-order valence-electron chi connectivity index (χ3n) is 4.48. The zero-order valence-electron chi connectivity index (χ0n) is 13.4. The Kier molecular flexibility index (Phi) is 3.72. The Labute approximate surface area is 144 Å². The Morgan fingerprint density at radius 2 is 2.04 bits per heavy atom. The summed E-state index contributed by atoms with van der Waals surface area (Å²) in [6.45, 7) is 0.592. The Hall–Kier alpha value is -3.15. The van der Waals surface area contributed by atoms with Gasteiger partial charge in [0.05, 0.1) is 0 Å². The molecule has 6 nitrogen and oxygen atoms in total. The molecule has 0 unspecified atom stereocenters. The summed E-state index contributed by atoms with van der Waals surface area (Å²) in [5, 5.41) is 11.4. The fourth-order valence-corrected chi connectivity index (χ4v) is 3.21. The quantitative estimate of drug-likeness (QED) is 0.688. The fraction of sp³-hybridized carbons (Fsp3) is 0.211. The van der Waals surface area contributed by atoms with Gasteiger partial charge in [-0.15, -0.1) is 0 Å². The lowest BCUT2D eigenvalue weighted by Gasteiger charge is -2.18. The molecule has 1 N–H and O–H groups in total. The summed E-state index contributed by atoms with van der Waals surface area (Å²) in [6, 6.07) is 13.0. The Balaban J connectivity index is 1.65. The van der Waals surface area contributed by atoms with Gasteiger partial charge in [-0.2, -0.15) is 0 Å². The first-order chi connectivity index (χ1) is 12.1. The summed E-state index contributed by atoms with van der Waals surface area (Å²) in [5.41, 5.74) is 0.850. The van der Waals surface area contributed by atoms with Crippen molar-refractivity contribution >= 4 is 28.6 Å². The second-order valence-corrected chi connectivity index (χ2v) is 6.12. The number of carbonyl (C=O) groups excluding carboxylic acids is 1. The van der Waals surface area contributed by atoms with Crippen molar-refractivity contribution in [1.82, 2.24) is 4.90 Å². The van der Waals surface area contributed by atoms with Crippen LogP contribution < -0.4 is 0 Å². The van der Waals surface area contributed by atoms with Gasteiger partial charge in [0.1, 0.15) is 6.04 Å². The van der Waals surface area contributed by atoms with E-state index in [2.05, 4.69) is 4.99 Å². The number of esters is 1. The van der Waals surface area contributed by atoms with Crippen molar-refractivity contribution < 1.29 is 19.4 Å². The second kappa shape index (κ2) is 6.05. The summed E-state index contributed by atoms with van der Waals surface area (Å²) in [6.07, 6.45) is 2.84. The number of hydrogen-bond acceptors (Lipinski definition) is 5. The highest BCUT2D eigenvalue weighted by atomic mass is 16.6.